The summed E-state index contributed by atoms with van der Waals surface area (Å²) in [6.07, 6.45) is 2.39. The van der Waals surface area contributed by atoms with Gasteiger partial charge in [-0.25, -0.2) is 0 Å². The monoisotopic (exact) mass is 227 g/mol. The van der Waals surface area contributed by atoms with E-state index in [1.807, 2.05) is 39.8 Å². The van der Waals surface area contributed by atoms with Gasteiger partial charge in [0.25, 0.3) is 0 Å². The van der Waals surface area contributed by atoms with Crippen molar-refractivity contribution in [1.82, 2.24) is 0 Å². The minimum Gasteiger partial charge on any atom is -0.591 e. The van der Waals surface area contributed by atoms with Crippen LogP contribution in [0.25, 0.3) is 0 Å². The van der Waals surface area contributed by atoms with Crippen LogP contribution in [0, 0.1) is 0 Å². The second-order valence-corrected chi connectivity index (χ2v) is 6.19. The second-order valence-electron chi connectivity index (χ2n) is 4.25. The molecule has 0 saturated heterocycles. The van der Waals surface area contributed by atoms with Crippen LogP contribution in [0.3, 0.4) is 0 Å². The van der Waals surface area contributed by atoms with Crippen molar-refractivity contribution in [3.8, 4) is 0 Å². The van der Waals surface area contributed by atoms with Gasteiger partial charge in [-0.1, -0.05) is 11.3 Å². The lowest BCUT2D eigenvalue weighted by Crippen LogP contribution is -2.25. The molecule has 0 aliphatic carbocycles. The quantitative estimate of drug-likeness (QED) is 0.589. The molecule has 3 nitrogen and oxygen atoms in total. The fourth-order valence-corrected chi connectivity index (χ4v) is 1.43. The first kappa shape index (κ1) is 12.3. The van der Waals surface area contributed by atoms with E-state index in [4.69, 9.17) is 4.42 Å². The third kappa shape index (κ3) is 3.72. The van der Waals surface area contributed by atoms with Crippen LogP contribution in [0.15, 0.2) is 20.9 Å². The fourth-order valence-electron chi connectivity index (χ4n) is 0.912. The van der Waals surface area contributed by atoms with E-state index in [0.29, 0.717) is 5.76 Å². The Hall–Kier alpha value is -0.740. The van der Waals surface area contributed by atoms with Crippen molar-refractivity contribution in [2.45, 2.75) is 38.9 Å². The van der Waals surface area contributed by atoms with Gasteiger partial charge in [0.15, 0.2) is 0 Å². The predicted octanol–water partition coefficient (Wildman–Crippen LogP) is 2.72. The molecule has 0 spiro atoms. The molecular formula is C11H17NO2S. The summed E-state index contributed by atoms with van der Waals surface area (Å²) >= 11 is -1.22. The first-order chi connectivity index (χ1) is 6.93. The van der Waals surface area contributed by atoms with Crippen LogP contribution in [-0.4, -0.2) is 15.5 Å². The van der Waals surface area contributed by atoms with Crippen molar-refractivity contribution in [3.63, 3.8) is 0 Å². The van der Waals surface area contributed by atoms with E-state index in [1.54, 1.807) is 0 Å². The van der Waals surface area contributed by atoms with Gasteiger partial charge in [-0.3, -0.25) is 0 Å². The molecule has 0 saturated carbocycles. The first-order valence-corrected chi connectivity index (χ1v) is 6.09. The Balaban J connectivity index is 2.65. The SMILES string of the molecule is CCc1ccc(/C=N/[S+]([O-])C(C)(C)C)o1. The van der Waals surface area contributed by atoms with E-state index in [-0.39, 0.29) is 4.75 Å². The molecule has 0 aliphatic heterocycles. The Morgan fingerprint density at radius 1 is 1.47 bits per heavy atom. The van der Waals surface area contributed by atoms with Crippen LogP contribution in [0.5, 0.6) is 0 Å². The Kier molecular flexibility index (Phi) is 3.99. The van der Waals surface area contributed by atoms with Crippen molar-refractivity contribution >= 4 is 17.6 Å². The lowest BCUT2D eigenvalue weighted by molar-refractivity contribution is 0.510. The Labute approximate surface area is 93.9 Å². The predicted molar refractivity (Wildman–Crippen MR) is 63.6 cm³/mol. The van der Waals surface area contributed by atoms with Crippen molar-refractivity contribution in [2.75, 3.05) is 0 Å². The van der Waals surface area contributed by atoms with Gasteiger partial charge in [0.2, 0.25) is 0 Å². The molecule has 1 rings (SSSR count). The zero-order valence-corrected chi connectivity index (χ0v) is 10.4. The molecule has 0 bridgehead atoms. The van der Waals surface area contributed by atoms with Crippen LogP contribution in [0.4, 0.5) is 0 Å². The highest BCUT2D eigenvalue weighted by Gasteiger charge is 2.25. The average molecular weight is 227 g/mol. The lowest BCUT2D eigenvalue weighted by Gasteiger charge is -2.17. The number of furan rings is 1. The highest BCUT2D eigenvalue weighted by atomic mass is 32.2. The third-order valence-electron chi connectivity index (χ3n) is 1.83. The number of hydrogen-bond acceptors (Lipinski definition) is 3. The second kappa shape index (κ2) is 4.86. The number of rotatable bonds is 3. The molecule has 1 aromatic rings. The summed E-state index contributed by atoms with van der Waals surface area (Å²) in [6.45, 7) is 7.69. The van der Waals surface area contributed by atoms with E-state index in [1.165, 1.54) is 6.21 Å². The number of aryl methyl sites for hydroxylation is 1. The maximum Gasteiger partial charge on any atom is 0.149 e. The van der Waals surface area contributed by atoms with Crippen LogP contribution < -0.4 is 0 Å². The van der Waals surface area contributed by atoms with Gasteiger partial charge in [0.1, 0.15) is 33.8 Å². The van der Waals surface area contributed by atoms with Gasteiger partial charge in [0.05, 0.1) is 0 Å². The zero-order valence-electron chi connectivity index (χ0n) is 9.61. The minimum atomic E-state index is -1.22. The normalized spacial score (nSPS) is 14.7. The fraction of sp³-hybridized carbons (Fsp3) is 0.545. The molecule has 0 fully saturated rings. The molecule has 0 aromatic carbocycles. The molecule has 0 amide bonds. The lowest BCUT2D eigenvalue weighted by atomic mass is 10.3. The van der Waals surface area contributed by atoms with Crippen molar-refractivity contribution in [2.24, 2.45) is 4.40 Å². The Bertz CT molecular complexity index is 339. The van der Waals surface area contributed by atoms with E-state index in [2.05, 4.69) is 4.40 Å². The van der Waals surface area contributed by atoms with Gasteiger partial charge in [0, 0.05) is 6.42 Å². The van der Waals surface area contributed by atoms with Gasteiger partial charge < -0.3 is 8.97 Å². The topological polar surface area (TPSA) is 48.6 Å². The summed E-state index contributed by atoms with van der Waals surface area (Å²) in [6, 6.07) is 3.74. The molecule has 1 aromatic heterocycles. The minimum absolute atomic E-state index is 0.323. The molecule has 15 heavy (non-hydrogen) atoms. The molecule has 0 radical (unpaired) electrons. The molecule has 84 valence electrons. The molecule has 1 heterocycles. The van der Waals surface area contributed by atoms with Crippen LogP contribution >= 0.6 is 0 Å². The summed E-state index contributed by atoms with van der Waals surface area (Å²) < 4.78 is 20.6. The zero-order chi connectivity index (χ0) is 11.5. The summed E-state index contributed by atoms with van der Waals surface area (Å²) in [7, 11) is 0. The maximum absolute atomic E-state index is 11.6. The Morgan fingerprint density at radius 3 is 2.60 bits per heavy atom. The van der Waals surface area contributed by atoms with Crippen LogP contribution in [0.2, 0.25) is 0 Å². The smallest absolute Gasteiger partial charge is 0.149 e. The molecular weight excluding hydrogens is 210 g/mol. The molecule has 0 N–H and O–H groups in total. The number of nitrogens with zero attached hydrogens (tertiary/aromatic N) is 1. The van der Waals surface area contributed by atoms with Gasteiger partial charge >= 0.3 is 0 Å². The molecule has 1 atom stereocenters. The van der Waals surface area contributed by atoms with Crippen molar-refractivity contribution in [3.05, 3.63) is 23.7 Å². The van der Waals surface area contributed by atoms with Gasteiger partial charge in [-0.15, -0.1) is 0 Å². The van der Waals surface area contributed by atoms with E-state index in [0.717, 1.165) is 12.2 Å². The highest BCUT2D eigenvalue weighted by molar-refractivity contribution is 7.91. The molecule has 0 aliphatic rings. The number of hydrogen-bond donors (Lipinski definition) is 0. The van der Waals surface area contributed by atoms with Crippen LogP contribution in [-0.2, 0) is 17.8 Å². The van der Waals surface area contributed by atoms with E-state index < -0.39 is 11.4 Å². The highest BCUT2D eigenvalue weighted by Crippen LogP contribution is 2.17. The molecule has 4 heteroatoms. The summed E-state index contributed by atoms with van der Waals surface area (Å²) in [5.74, 6) is 1.57. The molecule has 1 unspecified atom stereocenters. The summed E-state index contributed by atoms with van der Waals surface area (Å²) in [5, 5.41) is 0. The van der Waals surface area contributed by atoms with Crippen molar-refractivity contribution < 1.29 is 8.97 Å². The summed E-state index contributed by atoms with van der Waals surface area (Å²) in [5.41, 5.74) is 0. The van der Waals surface area contributed by atoms with Gasteiger partial charge in [-0.05, 0) is 32.9 Å². The van der Waals surface area contributed by atoms with Crippen LogP contribution in [0.1, 0.15) is 39.2 Å². The van der Waals surface area contributed by atoms with Gasteiger partial charge in [-0.2, -0.15) is 0 Å². The van der Waals surface area contributed by atoms with E-state index in [9.17, 15) is 4.55 Å². The third-order valence-corrected chi connectivity index (χ3v) is 3.18. The average Bonchev–Trinajstić information content (AvgIpc) is 2.60. The van der Waals surface area contributed by atoms with Crippen molar-refractivity contribution in [1.29, 1.82) is 0 Å². The first-order valence-electron chi connectivity index (χ1n) is 4.98. The van der Waals surface area contributed by atoms with E-state index >= 15 is 0 Å². The summed E-state index contributed by atoms with van der Waals surface area (Å²) in [4.78, 5) is 0. The maximum atomic E-state index is 11.6. The Morgan fingerprint density at radius 2 is 2.13 bits per heavy atom. The largest absolute Gasteiger partial charge is 0.591 e. The standard InChI is InChI=1S/C11H17NO2S/c1-5-9-6-7-10(14-9)8-12-15(13)11(2,3)4/h6-8H,5H2,1-4H3/b12-8+.